The molecule has 0 unspecified atom stereocenters. The summed E-state index contributed by atoms with van der Waals surface area (Å²) in [5, 5.41) is 0.690. The summed E-state index contributed by atoms with van der Waals surface area (Å²) in [5.41, 5.74) is 2.52. The van der Waals surface area contributed by atoms with Gasteiger partial charge in [-0.25, -0.2) is 4.98 Å². The van der Waals surface area contributed by atoms with E-state index in [1.54, 1.807) is 47.7 Å². The first kappa shape index (κ1) is 20.9. The molecule has 0 radical (unpaired) electrons. The Labute approximate surface area is 190 Å². The van der Waals surface area contributed by atoms with Gasteiger partial charge in [0, 0.05) is 10.4 Å². The molecule has 1 atom stereocenters. The smallest absolute Gasteiger partial charge is 0.339 e. The maximum atomic E-state index is 12.9. The van der Waals surface area contributed by atoms with E-state index in [0.29, 0.717) is 22.7 Å². The third-order valence-corrected chi connectivity index (χ3v) is 8.20. The lowest BCUT2D eigenvalue weighted by atomic mass is 9.89. The zero-order valence-corrected chi connectivity index (χ0v) is 19.3. The van der Waals surface area contributed by atoms with E-state index in [1.807, 2.05) is 6.92 Å². The number of nitrogens with zero attached hydrogens (tertiary/aromatic N) is 1. The lowest BCUT2D eigenvalue weighted by Crippen LogP contribution is -2.13. The molecule has 2 aromatic carbocycles. The molecule has 32 heavy (non-hydrogen) atoms. The normalized spacial score (nSPS) is 16.1. The standard InChI is InChI=1S/C24H22N2O4S2/c1-14-6-9-18(10-7-14)32(28,29)30-17-5-3-4-16(13-17)22-25-23(27)21-19-11-8-15(2)12-20(19)31-24(21)26-22/h3-7,9-10,13,15H,8,11-12H2,1-2H3,(H,25,26,27)/t15-/m1/s1. The highest BCUT2D eigenvalue weighted by Crippen LogP contribution is 2.36. The fourth-order valence-corrected chi connectivity index (χ4v) is 6.37. The van der Waals surface area contributed by atoms with Crippen LogP contribution in [0, 0.1) is 12.8 Å². The van der Waals surface area contributed by atoms with Crippen molar-refractivity contribution in [3.05, 3.63) is 74.9 Å². The SMILES string of the molecule is Cc1ccc(S(=O)(=O)Oc2cccc(-c3nc4sc5c(c4c(=O)[nH]3)CC[C@@H](C)C5)c2)cc1. The number of hydrogen-bond donors (Lipinski definition) is 1. The largest absolute Gasteiger partial charge is 0.379 e. The molecule has 0 aliphatic heterocycles. The molecule has 4 aromatic rings. The van der Waals surface area contributed by atoms with Crippen molar-refractivity contribution in [2.75, 3.05) is 0 Å². The summed E-state index contributed by atoms with van der Waals surface area (Å²) in [6.07, 6.45) is 2.96. The molecule has 1 aliphatic rings. The molecule has 2 aromatic heterocycles. The number of nitrogens with one attached hydrogen (secondary N) is 1. The van der Waals surface area contributed by atoms with Crippen LogP contribution in [0.3, 0.4) is 0 Å². The molecule has 8 heteroatoms. The molecule has 0 fully saturated rings. The predicted octanol–water partition coefficient (Wildman–Crippen LogP) is 4.85. The maximum Gasteiger partial charge on any atom is 0.339 e. The fraction of sp³-hybridized carbons (Fsp3) is 0.250. The van der Waals surface area contributed by atoms with Crippen molar-refractivity contribution in [1.29, 1.82) is 0 Å². The molecular weight excluding hydrogens is 444 g/mol. The molecule has 0 spiro atoms. The minimum atomic E-state index is -3.97. The van der Waals surface area contributed by atoms with E-state index < -0.39 is 10.1 Å². The number of hydrogen-bond acceptors (Lipinski definition) is 6. The summed E-state index contributed by atoms with van der Waals surface area (Å²) in [5.74, 6) is 1.16. The highest BCUT2D eigenvalue weighted by Gasteiger charge is 2.23. The second-order valence-electron chi connectivity index (χ2n) is 8.32. The number of benzene rings is 2. The lowest BCUT2D eigenvalue weighted by Gasteiger charge is -2.17. The van der Waals surface area contributed by atoms with Gasteiger partial charge in [-0.05, 0) is 61.9 Å². The van der Waals surface area contributed by atoms with Gasteiger partial charge in [0.2, 0.25) is 0 Å². The van der Waals surface area contributed by atoms with E-state index >= 15 is 0 Å². The molecular formula is C24H22N2O4S2. The number of H-pyrrole nitrogens is 1. The number of aromatic amines is 1. The van der Waals surface area contributed by atoms with Gasteiger partial charge in [-0.2, -0.15) is 8.42 Å². The van der Waals surface area contributed by atoms with Crippen LogP contribution in [0.2, 0.25) is 0 Å². The maximum absolute atomic E-state index is 12.9. The Balaban J connectivity index is 1.50. The van der Waals surface area contributed by atoms with Gasteiger partial charge in [0.05, 0.1) is 5.39 Å². The number of fused-ring (bicyclic) bond motifs is 3. The molecule has 0 saturated heterocycles. The third kappa shape index (κ3) is 3.84. The van der Waals surface area contributed by atoms with Crippen LogP contribution in [0.15, 0.2) is 58.2 Å². The van der Waals surface area contributed by atoms with E-state index in [1.165, 1.54) is 17.0 Å². The highest BCUT2D eigenvalue weighted by molar-refractivity contribution is 7.87. The van der Waals surface area contributed by atoms with Crippen LogP contribution >= 0.6 is 11.3 Å². The molecule has 5 rings (SSSR count). The molecule has 0 amide bonds. The van der Waals surface area contributed by atoms with Crippen molar-refractivity contribution >= 4 is 31.7 Å². The number of aromatic nitrogens is 2. The molecule has 6 nitrogen and oxygen atoms in total. The zero-order valence-electron chi connectivity index (χ0n) is 17.7. The van der Waals surface area contributed by atoms with Crippen molar-refractivity contribution in [1.82, 2.24) is 9.97 Å². The monoisotopic (exact) mass is 466 g/mol. The van der Waals surface area contributed by atoms with E-state index in [0.717, 1.165) is 35.2 Å². The molecule has 164 valence electrons. The van der Waals surface area contributed by atoms with E-state index in [4.69, 9.17) is 9.17 Å². The van der Waals surface area contributed by atoms with Crippen molar-refractivity contribution in [3.8, 4) is 17.1 Å². The number of thiophene rings is 1. The minimum absolute atomic E-state index is 0.0832. The minimum Gasteiger partial charge on any atom is -0.379 e. The summed E-state index contributed by atoms with van der Waals surface area (Å²) < 4.78 is 30.6. The van der Waals surface area contributed by atoms with Gasteiger partial charge < -0.3 is 9.17 Å². The quantitative estimate of drug-likeness (QED) is 0.434. The average molecular weight is 467 g/mol. The third-order valence-electron chi connectivity index (χ3n) is 5.79. The zero-order chi connectivity index (χ0) is 22.5. The Kier molecular flexibility index (Phi) is 5.14. The first-order valence-corrected chi connectivity index (χ1v) is 12.7. The summed E-state index contributed by atoms with van der Waals surface area (Å²) in [7, 11) is -3.97. The van der Waals surface area contributed by atoms with E-state index in [9.17, 15) is 13.2 Å². The van der Waals surface area contributed by atoms with Gasteiger partial charge >= 0.3 is 10.1 Å². The predicted molar refractivity (Wildman–Crippen MR) is 126 cm³/mol. The van der Waals surface area contributed by atoms with Crippen LogP contribution in [-0.4, -0.2) is 18.4 Å². The average Bonchev–Trinajstić information content (AvgIpc) is 3.11. The number of rotatable bonds is 4. The first-order chi connectivity index (χ1) is 15.3. The molecule has 0 saturated carbocycles. The van der Waals surface area contributed by atoms with Crippen LogP contribution in [0.5, 0.6) is 5.75 Å². The highest BCUT2D eigenvalue weighted by atomic mass is 32.2. The van der Waals surface area contributed by atoms with Crippen molar-refractivity contribution in [2.45, 2.75) is 38.0 Å². The Morgan fingerprint density at radius 3 is 2.72 bits per heavy atom. The first-order valence-electron chi connectivity index (χ1n) is 10.5. The van der Waals surface area contributed by atoms with Crippen molar-refractivity contribution < 1.29 is 12.6 Å². The van der Waals surface area contributed by atoms with Gasteiger partial charge in [-0.15, -0.1) is 11.3 Å². The van der Waals surface area contributed by atoms with Crippen LogP contribution in [0.1, 0.15) is 29.3 Å². The summed E-state index contributed by atoms with van der Waals surface area (Å²) in [6, 6.07) is 13.1. The topological polar surface area (TPSA) is 89.1 Å². The van der Waals surface area contributed by atoms with E-state index in [-0.39, 0.29) is 16.2 Å². The van der Waals surface area contributed by atoms with Gasteiger partial charge in [0.25, 0.3) is 5.56 Å². The molecule has 1 aliphatic carbocycles. The summed E-state index contributed by atoms with van der Waals surface area (Å²) >= 11 is 1.58. The van der Waals surface area contributed by atoms with Crippen LogP contribution in [0.25, 0.3) is 21.6 Å². The Morgan fingerprint density at radius 2 is 1.94 bits per heavy atom. The van der Waals surface area contributed by atoms with Crippen LogP contribution < -0.4 is 9.74 Å². The molecule has 1 N–H and O–H groups in total. The van der Waals surface area contributed by atoms with Gasteiger partial charge in [0.1, 0.15) is 21.3 Å². The van der Waals surface area contributed by atoms with Gasteiger partial charge in [-0.1, -0.05) is 36.8 Å². The Hall–Kier alpha value is -2.97. The lowest BCUT2D eigenvalue weighted by molar-refractivity contribution is 0.486. The van der Waals surface area contributed by atoms with Crippen molar-refractivity contribution in [2.24, 2.45) is 5.92 Å². The van der Waals surface area contributed by atoms with Crippen LogP contribution in [0.4, 0.5) is 0 Å². The summed E-state index contributed by atoms with van der Waals surface area (Å²) in [6.45, 7) is 4.11. The molecule has 2 heterocycles. The molecule has 0 bridgehead atoms. The Bertz CT molecular complexity index is 1480. The Morgan fingerprint density at radius 1 is 1.16 bits per heavy atom. The summed E-state index contributed by atoms with van der Waals surface area (Å²) in [4.78, 5) is 22.5. The van der Waals surface area contributed by atoms with E-state index in [2.05, 4.69) is 11.9 Å². The van der Waals surface area contributed by atoms with Crippen LogP contribution in [-0.2, 0) is 23.0 Å². The van der Waals surface area contributed by atoms with Crippen molar-refractivity contribution in [3.63, 3.8) is 0 Å². The van der Waals surface area contributed by atoms with Gasteiger partial charge in [-0.3, -0.25) is 4.79 Å². The second kappa shape index (κ2) is 7.86. The fourth-order valence-electron chi connectivity index (χ4n) is 4.06. The number of aryl methyl sites for hydroxylation is 2. The second-order valence-corrected chi connectivity index (χ2v) is 11.0. The van der Waals surface area contributed by atoms with Gasteiger partial charge in [0.15, 0.2) is 0 Å².